The third-order valence-corrected chi connectivity index (χ3v) is 12.2. The van der Waals surface area contributed by atoms with Crippen LogP contribution in [0.2, 0.25) is 0 Å². The molecule has 0 radical (unpaired) electrons. The Bertz CT molecular complexity index is 2170. The molecule has 3 atom stereocenters. The first-order valence-corrected chi connectivity index (χ1v) is 20.3. The number of aromatic nitrogens is 1. The van der Waals surface area contributed by atoms with Gasteiger partial charge in [0.2, 0.25) is 11.8 Å². The van der Waals surface area contributed by atoms with Crippen molar-refractivity contribution in [3.05, 3.63) is 114 Å². The fourth-order valence-electron chi connectivity index (χ4n) is 9.27. The summed E-state index contributed by atoms with van der Waals surface area (Å²) < 4.78 is 1.97. The summed E-state index contributed by atoms with van der Waals surface area (Å²) in [5.74, 6) is -0.398. The molecular formula is C44H53N9O5. The van der Waals surface area contributed by atoms with Crippen molar-refractivity contribution >= 4 is 34.7 Å². The van der Waals surface area contributed by atoms with Crippen LogP contribution in [0.1, 0.15) is 34.0 Å². The minimum Gasteiger partial charge on any atom is -0.508 e. The monoisotopic (exact) mass is 787 g/mol. The molecule has 4 aromatic rings. The predicted molar refractivity (Wildman–Crippen MR) is 220 cm³/mol. The minimum absolute atomic E-state index is 0.00913. The highest BCUT2D eigenvalue weighted by Crippen LogP contribution is 2.32. The Morgan fingerprint density at radius 1 is 0.914 bits per heavy atom. The highest BCUT2D eigenvalue weighted by atomic mass is 16.3. The van der Waals surface area contributed by atoms with Gasteiger partial charge in [0.15, 0.2) is 0 Å². The molecule has 58 heavy (non-hydrogen) atoms. The Kier molecular flexibility index (Phi) is 11.2. The SMILES string of the molecule is C=CCN1CC(=O)N2[C@@H](Cc3ccc(O)cc3)C(=O)N(Cc3cccc4c(C(=O)N5CCN6CCN(CC)CC6C5)cn(C)c34)C[C@@H]2N1C(=O)NCc1ccccc1. The second-order valence-corrected chi connectivity index (χ2v) is 15.8. The Hall–Kier alpha value is -5.70. The first-order valence-electron chi connectivity index (χ1n) is 20.3. The second kappa shape index (κ2) is 16.6. The molecule has 4 aliphatic heterocycles. The minimum atomic E-state index is -0.919. The topological polar surface area (TPSA) is 128 Å². The van der Waals surface area contributed by atoms with Crippen molar-refractivity contribution in [2.45, 2.75) is 44.7 Å². The number of hydrazine groups is 1. The lowest BCUT2D eigenvalue weighted by Crippen LogP contribution is -2.76. The number of amides is 5. The number of likely N-dealkylation sites (N-methyl/N-ethyl adjacent to an activating group) is 1. The molecule has 1 aromatic heterocycles. The van der Waals surface area contributed by atoms with Crippen molar-refractivity contribution in [2.24, 2.45) is 7.05 Å². The molecule has 0 saturated carbocycles. The zero-order valence-corrected chi connectivity index (χ0v) is 33.4. The van der Waals surface area contributed by atoms with Crippen LogP contribution in [0, 0.1) is 0 Å². The van der Waals surface area contributed by atoms with Gasteiger partial charge >= 0.3 is 6.03 Å². The Balaban J connectivity index is 1.11. The van der Waals surface area contributed by atoms with Crippen molar-refractivity contribution in [1.29, 1.82) is 0 Å². The van der Waals surface area contributed by atoms with Crippen molar-refractivity contribution in [3.8, 4) is 5.75 Å². The zero-order valence-electron chi connectivity index (χ0n) is 33.4. The molecule has 304 valence electrons. The van der Waals surface area contributed by atoms with Gasteiger partial charge in [-0.1, -0.05) is 73.7 Å². The van der Waals surface area contributed by atoms with Gasteiger partial charge in [-0.05, 0) is 35.4 Å². The Labute approximate surface area is 339 Å². The Morgan fingerprint density at radius 3 is 2.45 bits per heavy atom. The summed E-state index contributed by atoms with van der Waals surface area (Å²) in [4.78, 5) is 67.6. The molecule has 4 saturated heterocycles. The number of hydrogen-bond donors (Lipinski definition) is 2. The fraction of sp³-hybridized carbons (Fsp3) is 0.409. The van der Waals surface area contributed by atoms with Crippen LogP contribution in [0.15, 0.2) is 91.6 Å². The van der Waals surface area contributed by atoms with E-state index in [1.807, 2.05) is 71.2 Å². The quantitative estimate of drug-likeness (QED) is 0.235. The maximum absolute atomic E-state index is 14.8. The summed E-state index contributed by atoms with van der Waals surface area (Å²) in [5.41, 5.74) is 4.04. The number of aromatic hydroxyl groups is 1. The van der Waals surface area contributed by atoms with Crippen molar-refractivity contribution in [2.75, 3.05) is 65.4 Å². The number of nitrogens with one attached hydrogen (secondary N) is 1. The molecule has 4 aliphatic rings. The molecule has 14 heteroatoms. The summed E-state index contributed by atoms with van der Waals surface area (Å²) >= 11 is 0. The first-order chi connectivity index (χ1) is 28.1. The van der Waals surface area contributed by atoms with E-state index in [4.69, 9.17) is 0 Å². The van der Waals surface area contributed by atoms with E-state index in [0.717, 1.165) is 60.3 Å². The largest absolute Gasteiger partial charge is 0.508 e. The van der Waals surface area contributed by atoms with Crippen molar-refractivity contribution < 1.29 is 24.3 Å². The molecule has 3 aromatic carbocycles. The van der Waals surface area contributed by atoms with Crippen LogP contribution in [-0.2, 0) is 36.1 Å². The average Bonchev–Trinajstić information content (AvgIpc) is 3.58. The molecule has 0 aliphatic carbocycles. The lowest BCUT2D eigenvalue weighted by atomic mass is 9.98. The average molecular weight is 788 g/mol. The molecule has 5 heterocycles. The third-order valence-electron chi connectivity index (χ3n) is 12.2. The number of benzene rings is 3. The van der Waals surface area contributed by atoms with E-state index >= 15 is 0 Å². The van der Waals surface area contributed by atoms with Crippen LogP contribution >= 0.6 is 0 Å². The summed E-state index contributed by atoms with van der Waals surface area (Å²) in [6.45, 7) is 13.0. The van der Waals surface area contributed by atoms with Crippen molar-refractivity contribution in [3.63, 3.8) is 0 Å². The van der Waals surface area contributed by atoms with E-state index in [-0.39, 0.29) is 62.6 Å². The number of urea groups is 1. The highest BCUT2D eigenvalue weighted by Gasteiger charge is 2.51. The second-order valence-electron chi connectivity index (χ2n) is 15.8. The van der Waals surface area contributed by atoms with Crippen LogP contribution in [-0.4, -0.2) is 152 Å². The third kappa shape index (κ3) is 7.66. The number of phenolic OH excluding ortho intramolecular Hbond substituents is 1. The van der Waals surface area contributed by atoms with Gasteiger partial charge in [-0.15, -0.1) is 6.58 Å². The van der Waals surface area contributed by atoms with Crippen LogP contribution in [0.3, 0.4) is 0 Å². The van der Waals surface area contributed by atoms with Crippen LogP contribution < -0.4 is 5.32 Å². The van der Waals surface area contributed by atoms with E-state index in [1.54, 1.807) is 50.2 Å². The normalized spacial score (nSPS) is 21.9. The van der Waals surface area contributed by atoms with Crippen LogP contribution in [0.5, 0.6) is 5.75 Å². The fourth-order valence-corrected chi connectivity index (χ4v) is 9.27. The van der Waals surface area contributed by atoms with E-state index in [1.165, 1.54) is 0 Å². The summed E-state index contributed by atoms with van der Waals surface area (Å²) in [7, 11) is 1.93. The standard InChI is InChI=1S/C44H53N9O5/c1-4-18-51-30-40(55)52-38(23-31-14-16-35(54)17-15-31)43(57)50(29-39(52)53(51)44(58)45-24-32-10-7-6-8-11-32)25-33-12-9-13-36-37(28-46(3)41(33)36)42(56)49-22-21-48-20-19-47(5-2)26-34(48)27-49/h4,6-17,28,34,38-39,54H,1,5,18-27,29-30H2,2-3H3,(H,45,58)/t34?,38-,39-/m0/s1. The molecule has 1 unspecified atom stereocenters. The van der Waals surface area contributed by atoms with E-state index < -0.39 is 18.2 Å². The summed E-state index contributed by atoms with van der Waals surface area (Å²) in [6, 6.07) is 21.1. The molecular weight excluding hydrogens is 735 g/mol. The van der Waals surface area contributed by atoms with E-state index in [9.17, 15) is 24.3 Å². The van der Waals surface area contributed by atoms with Gasteiger partial charge < -0.3 is 34.6 Å². The van der Waals surface area contributed by atoms with Crippen LogP contribution in [0.4, 0.5) is 4.79 Å². The molecule has 2 N–H and O–H groups in total. The van der Waals surface area contributed by atoms with Gasteiger partial charge in [0.25, 0.3) is 5.91 Å². The number of nitrogens with zero attached hydrogens (tertiary/aromatic N) is 8. The number of hydrogen-bond acceptors (Lipinski definition) is 8. The van der Waals surface area contributed by atoms with Gasteiger partial charge in [-0.3, -0.25) is 19.3 Å². The van der Waals surface area contributed by atoms with E-state index in [2.05, 4.69) is 28.6 Å². The molecule has 14 nitrogen and oxygen atoms in total. The van der Waals surface area contributed by atoms with Gasteiger partial charge in [-0.2, -0.15) is 0 Å². The highest BCUT2D eigenvalue weighted by molar-refractivity contribution is 6.07. The Morgan fingerprint density at radius 2 is 1.69 bits per heavy atom. The number of rotatable bonds is 10. The number of para-hydroxylation sites is 1. The summed E-state index contributed by atoms with van der Waals surface area (Å²) in [5, 5.41) is 17.1. The van der Waals surface area contributed by atoms with Gasteiger partial charge in [0, 0.05) is 90.0 Å². The number of aryl methyl sites for hydroxylation is 1. The smallest absolute Gasteiger partial charge is 0.334 e. The lowest BCUT2D eigenvalue weighted by Gasteiger charge is -2.55. The zero-order chi connectivity index (χ0) is 40.5. The lowest BCUT2D eigenvalue weighted by molar-refractivity contribution is -0.189. The molecule has 8 rings (SSSR count). The number of piperazine rings is 3. The van der Waals surface area contributed by atoms with E-state index in [0.29, 0.717) is 24.7 Å². The maximum Gasteiger partial charge on any atom is 0.334 e. The number of carbonyl (C=O) groups is 4. The van der Waals surface area contributed by atoms with Gasteiger partial charge in [0.05, 0.1) is 24.2 Å². The number of phenols is 1. The predicted octanol–water partition coefficient (Wildman–Crippen LogP) is 3.08. The molecule has 0 spiro atoms. The van der Waals surface area contributed by atoms with Crippen molar-refractivity contribution in [1.82, 2.24) is 44.4 Å². The first kappa shape index (κ1) is 39.1. The molecule has 4 fully saturated rings. The van der Waals surface area contributed by atoms with Gasteiger partial charge in [-0.25, -0.2) is 14.8 Å². The molecule has 5 amide bonds. The number of carbonyl (C=O) groups excluding carboxylic acids is 4. The molecule has 0 bridgehead atoms. The van der Waals surface area contributed by atoms with Crippen LogP contribution in [0.25, 0.3) is 10.9 Å². The maximum atomic E-state index is 14.8. The summed E-state index contributed by atoms with van der Waals surface area (Å²) in [6.07, 6.45) is 2.94. The number of fused-ring (bicyclic) bond motifs is 3. The van der Waals surface area contributed by atoms with Gasteiger partial charge in [0.1, 0.15) is 18.0 Å².